The van der Waals surface area contributed by atoms with Crippen molar-refractivity contribution in [2.45, 2.75) is 78.6 Å². The van der Waals surface area contributed by atoms with Crippen molar-refractivity contribution in [2.75, 3.05) is 0 Å². The smallest absolute Gasteiger partial charge is 0.00853 e. The molecule has 4 aliphatic rings. The summed E-state index contributed by atoms with van der Waals surface area (Å²) in [6.07, 6.45) is 15.3. The molecule has 0 bridgehead atoms. The van der Waals surface area contributed by atoms with Crippen LogP contribution in [0.3, 0.4) is 0 Å². The first kappa shape index (κ1) is 15.0. The standard InChI is InChI=1S/C22H34/c1-5-18-15(2)14-20-17-10-9-16-8-6-7-12-21(16,3)19(17)11-13-22(18,20)4/h8,17-20H,2,5-7,9-14H2,1,3-4H3/t17-,18+,19+,20+,21+,22-/m1/s1. The predicted octanol–water partition coefficient (Wildman–Crippen LogP) is 6.53. The number of fused-ring (bicyclic) bond motifs is 5. The molecule has 0 aromatic heterocycles. The van der Waals surface area contributed by atoms with Crippen LogP contribution in [0.1, 0.15) is 78.6 Å². The van der Waals surface area contributed by atoms with E-state index in [1.807, 2.05) is 5.57 Å². The predicted molar refractivity (Wildman–Crippen MR) is 94.6 cm³/mol. The Morgan fingerprint density at radius 2 is 2.00 bits per heavy atom. The lowest BCUT2D eigenvalue weighted by Gasteiger charge is -2.58. The third-order valence-electron chi connectivity index (χ3n) is 8.64. The molecule has 0 amide bonds. The van der Waals surface area contributed by atoms with Crippen LogP contribution in [0.4, 0.5) is 0 Å². The summed E-state index contributed by atoms with van der Waals surface area (Å²) in [4.78, 5) is 0. The molecular weight excluding hydrogens is 264 g/mol. The van der Waals surface area contributed by atoms with Gasteiger partial charge in [-0.1, -0.05) is 44.6 Å². The third kappa shape index (κ3) is 1.82. The first-order chi connectivity index (χ1) is 10.5. The fraction of sp³-hybridized carbons (Fsp3) is 0.818. The van der Waals surface area contributed by atoms with Gasteiger partial charge in [0.15, 0.2) is 0 Å². The summed E-state index contributed by atoms with van der Waals surface area (Å²) >= 11 is 0. The van der Waals surface area contributed by atoms with Crippen LogP contribution in [-0.2, 0) is 0 Å². The lowest BCUT2D eigenvalue weighted by atomic mass is 9.47. The maximum Gasteiger partial charge on any atom is -0.00853 e. The van der Waals surface area contributed by atoms with Gasteiger partial charge in [-0.05, 0) is 92.3 Å². The Morgan fingerprint density at radius 1 is 1.18 bits per heavy atom. The van der Waals surface area contributed by atoms with Crippen molar-refractivity contribution in [1.29, 1.82) is 0 Å². The van der Waals surface area contributed by atoms with E-state index in [1.54, 1.807) is 5.57 Å². The molecule has 4 aliphatic carbocycles. The topological polar surface area (TPSA) is 0 Å². The lowest BCUT2D eigenvalue weighted by Crippen LogP contribution is -2.50. The molecule has 0 aromatic carbocycles. The van der Waals surface area contributed by atoms with Crippen LogP contribution in [0, 0.1) is 34.5 Å². The van der Waals surface area contributed by atoms with Gasteiger partial charge >= 0.3 is 0 Å². The largest absolute Gasteiger partial charge is 0.0995 e. The third-order valence-corrected chi connectivity index (χ3v) is 8.64. The number of allylic oxidation sites excluding steroid dienone is 3. The Hall–Kier alpha value is -0.520. The van der Waals surface area contributed by atoms with Crippen molar-refractivity contribution in [1.82, 2.24) is 0 Å². The SMILES string of the molecule is C=C1C[C@H]2[C@@H]3CCC4=CCCC[C@]4(C)[C@H]3CC[C@]2(C)[C@H]1CC. The van der Waals surface area contributed by atoms with Crippen LogP contribution in [0.25, 0.3) is 0 Å². The molecule has 6 atom stereocenters. The molecule has 0 saturated heterocycles. The second-order valence-electron chi connectivity index (χ2n) is 9.32. The maximum absolute atomic E-state index is 4.50. The second-order valence-corrected chi connectivity index (χ2v) is 9.32. The zero-order chi connectivity index (χ0) is 15.5. The molecule has 0 nitrogen and oxygen atoms in total. The summed E-state index contributed by atoms with van der Waals surface area (Å²) in [6, 6.07) is 0. The number of hydrogen-bond donors (Lipinski definition) is 0. The highest BCUT2D eigenvalue weighted by molar-refractivity contribution is 5.26. The van der Waals surface area contributed by atoms with Gasteiger partial charge in [-0.15, -0.1) is 0 Å². The molecule has 3 fully saturated rings. The molecule has 122 valence electrons. The van der Waals surface area contributed by atoms with E-state index in [-0.39, 0.29) is 0 Å². The van der Waals surface area contributed by atoms with Gasteiger partial charge < -0.3 is 0 Å². The first-order valence-electron chi connectivity index (χ1n) is 9.88. The molecular formula is C22H34. The van der Waals surface area contributed by atoms with E-state index in [0.717, 1.165) is 23.7 Å². The van der Waals surface area contributed by atoms with Crippen LogP contribution in [0.5, 0.6) is 0 Å². The summed E-state index contributed by atoms with van der Waals surface area (Å²) < 4.78 is 0. The average molecular weight is 299 g/mol. The Labute approximate surface area is 137 Å². The van der Waals surface area contributed by atoms with Crippen LogP contribution in [-0.4, -0.2) is 0 Å². The normalized spacial score (nSPS) is 50.9. The highest BCUT2D eigenvalue weighted by Gasteiger charge is 2.58. The van der Waals surface area contributed by atoms with Crippen LogP contribution < -0.4 is 0 Å². The van der Waals surface area contributed by atoms with Gasteiger partial charge in [0.05, 0.1) is 0 Å². The fourth-order valence-electron chi connectivity index (χ4n) is 7.56. The first-order valence-corrected chi connectivity index (χ1v) is 9.88. The zero-order valence-corrected chi connectivity index (χ0v) is 15.0. The zero-order valence-electron chi connectivity index (χ0n) is 15.0. The Bertz CT molecular complexity index is 512. The fourth-order valence-corrected chi connectivity index (χ4v) is 7.56. The van der Waals surface area contributed by atoms with Crippen LogP contribution in [0.2, 0.25) is 0 Å². The molecule has 0 aromatic rings. The van der Waals surface area contributed by atoms with Gasteiger partial charge in [0.2, 0.25) is 0 Å². The minimum atomic E-state index is 0.550. The number of hydrogen-bond acceptors (Lipinski definition) is 0. The van der Waals surface area contributed by atoms with Crippen molar-refractivity contribution in [3.63, 3.8) is 0 Å². The Morgan fingerprint density at radius 3 is 2.77 bits per heavy atom. The molecule has 0 aliphatic heterocycles. The van der Waals surface area contributed by atoms with E-state index in [4.69, 9.17) is 0 Å². The summed E-state index contributed by atoms with van der Waals surface area (Å²) in [7, 11) is 0. The lowest BCUT2D eigenvalue weighted by molar-refractivity contribution is -0.0509. The van der Waals surface area contributed by atoms with E-state index in [2.05, 4.69) is 33.4 Å². The van der Waals surface area contributed by atoms with Crippen molar-refractivity contribution in [2.24, 2.45) is 34.5 Å². The maximum atomic E-state index is 4.50. The van der Waals surface area contributed by atoms with Crippen molar-refractivity contribution in [3.05, 3.63) is 23.8 Å². The van der Waals surface area contributed by atoms with Gasteiger partial charge in [-0.3, -0.25) is 0 Å². The minimum absolute atomic E-state index is 0.550. The highest BCUT2D eigenvalue weighted by atomic mass is 14.6. The van der Waals surface area contributed by atoms with Gasteiger partial charge in [0.1, 0.15) is 0 Å². The van der Waals surface area contributed by atoms with Crippen molar-refractivity contribution < 1.29 is 0 Å². The second kappa shape index (κ2) is 4.99. The monoisotopic (exact) mass is 298 g/mol. The summed E-state index contributed by atoms with van der Waals surface area (Å²) in [5.41, 5.74) is 4.55. The molecule has 0 unspecified atom stereocenters. The van der Waals surface area contributed by atoms with Crippen molar-refractivity contribution >= 4 is 0 Å². The van der Waals surface area contributed by atoms with E-state index >= 15 is 0 Å². The molecule has 3 saturated carbocycles. The van der Waals surface area contributed by atoms with Gasteiger partial charge in [0.25, 0.3) is 0 Å². The van der Waals surface area contributed by atoms with E-state index in [0.29, 0.717) is 10.8 Å². The molecule has 0 heteroatoms. The Balaban J connectivity index is 1.69. The molecule has 22 heavy (non-hydrogen) atoms. The minimum Gasteiger partial charge on any atom is -0.0995 e. The van der Waals surface area contributed by atoms with Gasteiger partial charge in [0, 0.05) is 0 Å². The van der Waals surface area contributed by atoms with Crippen molar-refractivity contribution in [3.8, 4) is 0 Å². The van der Waals surface area contributed by atoms with E-state index < -0.39 is 0 Å². The highest BCUT2D eigenvalue weighted by Crippen LogP contribution is 2.67. The average Bonchev–Trinajstić information content (AvgIpc) is 2.76. The van der Waals surface area contributed by atoms with E-state index in [1.165, 1.54) is 57.8 Å². The number of rotatable bonds is 1. The summed E-state index contributed by atoms with van der Waals surface area (Å²) in [5.74, 6) is 3.68. The van der Waals surface area contributed by atoms with Gasteiger partial charge in [-0.25, -0.2) is 0 Å². The van der Waals surface area contributed by atoms with Gasteiger partial charge in [-0.2, -0.15) is 0 Å². The van der Waals surface area contributed by atoms with Crippen LogP contribution in [0.15, 0.2) is 23.8 Å². The molecule has 4 rings (SSSR count). The molecule has 0 N–H and O–H groups in total. The molecule has 0 heterocycles. The summed E-state index contributed by atoms with van der Waals surface area (Å²) in [6.45, 7) is 12.1. The van der Waals surface area contributed by atoms with Crippen LogP contribution >= 0.6 is 0 Å². The Kier molecular flexibility index (Phi) is 3.41. The molecule has 0 radical (unpaired) electrons. The quantitative estimate of drug-likeness (QED) is 0.483. The van der Waals surface area contributed by atoms with E-state index in [9.17, 15) is 0 Å². The summed E-state index contributed by atoms with van der Waals surface area (Å²) in [5, 5.41) is 0. The molecule has 0 spiro atoms.